The van der Waals surface area contributed by atoms with E-state index in [-0.39, 0.29) is 11.3 Å². The summed E-state index contributed by atoms with van der Waals surface area (Å²) in [4.78, 5) is 17.8. The molecule has 0 aliphatic heterocycles. The highest BCUT2D eigenvalue weighted by atomic mass is 16.5. The molecule has 0 fully saturated rings. The molecule has 0 bridgehead atoms. The van der Waals surface area contributed by atoms with E-state index in [4.69, 9.17) is 9.73 Å². The fraction of sp³-hybridized carbons (Fsp3) is 0.393. The molecule has 0 radical (unpaired) electrons. The molecule has 35 heavy (non-hydrogen) atoms. The number of ether oxygens (including phenoxy) is 1. The van der Waals surface area contributed by atoms with Crippen molar-refractivity contribution >= 4 is 17.6 Å². The highest BCUT2D eigenvalue weighted by molar-refractivity contribution is 6.10. The molecule has 186 valence electrons. The number of benzene rings is 2. The Morgan fingerprint density at radius 1 is 1.03 bits per heavy atom. The van der Waals surface area contributed by atoms with Crippen LogP contribution in [0.15, 0.2) is 53.5 Å². The van der Waals surface area contributed by atoms with Crippen molar-refractivity contribution < 1.29 is 9.53 Å². The molecule has 3 aromatic rings. The number of carbonyl (C=O) groups excluding carboxylic acids is 1. The van der Waals surface area contributed by atoms with Crippen LogP contribution in [0.4, 0.5) is 5.69 Å². The van der Waals surface area contributed by atoms with Crippen LogP contribution >= 0.6 is 0 Å². The van der Waals surface area contributed by atoms with Crippen molar-refractivity contribution in [1.82, 2.24) is 15.1 Å². The molecule has 2 N–H and O–H groups in total. The van der Waals surface area contributed by atoms with Gasteiger partial charge in [0, 0.05) is 29.1 Å². The number of anilines is 1. The maximum Gasteiger partial charge on any atom is 0.257 e. The SMILES string of the molecule is CCOc1ccc(NC(=NCc2c(C)nn(CC)c2C)NC(=O)c2ccc(C(C)(C)C)cc2)cc1. The molecule has 0 aliphatic rings. The van der Waals surface area contributed by atoms with E-state index < -0.39 is 0 Å². The van der Waals surface area contributed by atoms with Gasteiger partial charge in [0.05, 0.1) is 18.8 Å². The summed E-state index contributed by atoms with van der Waals surface area (Å²) in [7, 11) is 0. The van der Waals surface area contributed by atoms with E-state index in [1.165, 1.54) is 5.56 Å². The normalized spacial score (nSPS) is 11.9. The Labute approximate surface area is 208 Å². The molecular formula is C28H37N5O2. The highest BCUT2D eigenvalue weighted by Crippen LogP contribution is 2.22. The summed E-state index contributed by atoms with van der Waals surface area (Å²) < 4.78 is 7.50. The Bertz CT molecular complexity index is 1170. The minimum absolute atomic E-state index is 0.0233. The van der Waals surface area contributed by atoms with Gasteiger partial charge in [-0.25, -0.2) is 4.99 Å². The minimum Gasteiger partial charge on any atom is -0.494 e. The van der Waals surface area contributed by atoms with E-state index in [0.717, 1.165) is 34.9 Å². The van der Waals surface area contributed by atoms with Crippen molar-refractivity contribution in [2.75, 3.05) is 11.9 Å². The van der Waals surface area contributed by atoms with Gasteiger partial charge in [-0.3, -0.25) is 14.8 Å². The van der Waals surface area contributed by atoms with E-state index in [2.05, 4.69) is 43.4 Å². The van der Waals surface area contributed by atoms with E-state index >= 15 is 0 Å². The number of aromatic nitrogens is 2. The third kappa shape index (κ3) is 6.72. The second-order valence-corrected chi connectivity index (χ2v) is 9.49. The predicted octanol–water partition coefficient (Wildman–Crippen LogP) is 5.61. The van der Waals surface area contributed by atoms with Gasteiger partial charge in [-0.05, 0) is 75.1 Å². The number of hydrogen-bond acceptors (Lipinski definition) is 4. The molecule has 1 aromatic heterocycles. The fourth-order valence-electron chi connectivity index (χ4n) is 3.78. The molecule has 0 atom stereocenters. The number of rotatable bonds is 7. The van der Waals surface area contributed by atoms with Gasteiger partial charge < -0.3 is 10.1 Å². The number of aryl methyl sites for hydroxylation is 2. The van der Waals surface area contributed by atoms with Gasteiger partial charge in [0.25, 0.3) is 5.91 Å². The molecule has 3 rings (SSSR count). The quantitative estimate of drug-likeness (QED) is 0.344. The second-order valence-electron chi connectivity index (χ2n) is 9.49. The van der Waals surface area contributed by atoms with Gasteiger partial charge >= 0.3 is 0 Å². The second kappa shape index (κ2) is 11.2. The summed E-state index contributed by atoms with van der Waals surface area (Å²) in [6, 6.07) is 15.3. The smallest absolute Gasteiger partial charge is 0.257 e. The third-order valence-electron chi connectivity index (χ3n) is 5.90. The van der Waals surface area contributed by atoms with Crippen LogP contribution in [0.2, 0.25) is 0 Å². The third-order valence-corrected chi connectivity index (χ3v) is 5.90. The van der Waals surface area contributed by atoms with Crippen LogP contribution < -0.4 is 15.4 Å². The monoisotopic (exact) mass is 475 g/mol. The Hall–Kier alpha value is -3.61. The van der Waals surface area contributed by atoms with E-state index in [0.29, 0.717) is 24.7 Å². The first-order valence-electron chi connectivity index (χ1n) is 12.1. The maximum atomic E-state index is 13.1. The molecular weight excluding hydrogens is 438 g/mol. The number of carbonyl (C=O) groups is 1. The van der Waals surface area contributed by atoms with Gasteiger partial charge in [-0.15, -0.1) is 0 Å². The Kier molecular flexibility index (Phi) is 8.33. The van der Waals surface area contributed by atoms with Crippen LogP contribution in [0.25, 0.3) is 0 Å². The Morgan fingerprint density at radius 3 is 2.23 bits per heavy atom. The molecule has 0 spiro atoms. The summed E-state index contributed by atoms with van der Waals surface area (Å²) in [5, 5.41) is 10.8. The zero-order valence-corrected chi connectivity index (χ0v) is 21.9. The Balaban J connectivity index is 1.84. The zero-order chi connectivity index (χ0) is 25.6. The van der Waals surface area contributed by atoms with Crippen LogP contribution in [0, 0.1) is 13.8 Å². The van der Waals surface area contributed by atoms with Crippen molar-refractivity contribution in [1.29, 1.82) is 0 Å². The van der Waals surface area contributed by atoms with E-state index in [1.54, 1.807) is 0 Å². The maximum absolute atomic E-state index is 13.1. The highest BCUT2D eigenvalue weighted by Gasteiger charge is 2.16. The molecule has 7 nitrogen and oxygen atoms in total. The average Bonchev–Trinajstić information content (AvgIpc) is 3.10. The number of aliphatic imine (C=N–C) groups is 1. The number of nitrogens with zero attached hydrogens (tertiary/aromatic N) is 3. The summed E-state index contributed by atoms with van der Waals surface area (Å²) in [6.07, 6.45) is 0. The number of amides is 1. The first kappa shape index (κ1) is 26.0. The van der Waals surface area contributed by atoms with Crippen LogP contribution in [-0.4, -0.2) is 28.3 Å². The molecule has 0 aliphatic carbocycles. The van der Waals surface area contributed by atoms with Gasteiger partial charge in [0.2, 0.25) is 5.96 Å². The number of hydrogen-bond donors (Lipinski definition) is 2. The van der Waals surface area contributed by atoms with Crippen LogP contribution in [-0.2, 0) is 18.5 Å². The fourth-order valence-corrected chi connectivity index (χ4v) is 3.78. The molecule has 0 unspecified atom stereocenters. The summed E-state index contributed by atoms with van der Waals surface area (Å²) in [6.45, 7) is 16.3. The lowest BCUT2D eigenvalue weighted by Gasteiger charge is -2.19. The summed E-state index contributed by atoms with van der Waals surface area (Å²) in [5.74, 6) is 0.945. The number of guanidine groups is 1. The Morgan fingerprint density at radius 2 is 1.69 bits per heavy atom. The standard InChI is InChI=1S/C28H37N5O2/c1-8-33-20(4)25(19(3)32-33)18-29-27(30-23-14-16-24(17-15-23)35-9-2)31-26(34)21-10-12-22(13-11-21)28(5,6)7/h10-17H,8-9,18H2,1-7H3,(H2,29,30,31,34). The van der Waals surface area contributed by atoms with Crippen LogP contribution in [0.3, 0.4) is 0 Å². The summed E-state index contributed by atoms with van der Waals surface area (Å²) >= 11 is 0. The van der Waals surface area contributed by atoms with Gasteiger partial charge in [-0.2, -0.15) is 5.10 Å². The van der Waals surface area contributed by atoms with Gasteiger partial charge in [0.15, 0.2) is 0 Å². The molecule has 1 amide bonds. The molecule has 7 heteroatoms. The molecule has 1 heterocycles. The van der Waals surface area contributed by atoms with Crippen molar-refractivity contribution in [3.63, 3.8) is 0 Å². The zero-order valence-electron chi connectivity index (χ0n) is 21.9. The number of nitrogens with one attached hydrogen (secondary N) is 2. The molecule has 0 saturated heterocycles. The predicted molar refractivity (Wildman–Crippen MR) is 142 cm³/mol. The largest absolute Gasteiger partial charge is 0.494 e. The van der Waals surface area contributed by atoms with E-state index in [9.17, 15) is 4.79 Å². The average molecular weight is 476 g/mol. The van der Waals surface area contributed by atoms with Crippen LogP contribution in [0.5, 0.6) is 5.75 Å². The first-order valence-corrected chi connectivity index (χ1v) is 12.1. The first-order chi connectivity index (χ1) is 16.6. The van der Waals surface area contributed by atoms with E-state index in [1.807, 2.05) is 74.0 Å². The van der Waals surface area contributed by atoms with Gasteiger partial charge in [-0.1, -0.05) is 32.9 Å². The minimum atomic E-state index is -0.222. The van der Waals surface area contributed by atoms with Gasteiger partial charge in [0.1, 0.15) is 5.75 Å². The van der Waals surface area contributed by atoms with Crippen molar-refractivity contribution in [3.8, 4) is 5.75 Å². The van der Waals surface area contributed by atoms with Crippen molar-refractivity contribution in [3.05, 3.63) is 76.6 Å². The topological polar surface area (TPSA) is 80.5 Å². The van der Waals surface area contributed by atoms with Crippen molar-refractivity contribution in [2.24, 2.45) is 4.99 Å². The lowest BCUT2D eigenvalue weighted by molar-refractivity contribution is 0.0977. The lowest BCUT2D eigenvalue weighted by atomic mass is 9.87. The van der Waals surface area contributed by atoms with Crippen LogP contribution in [0.1, 0.15) is 67.5 Å². The van der Waals surface area contributed by atoms with Crippen molar-refractivity contribution in [2.45, 2.75) is 67.0 Å². The lowest BCUT2D eigenvalue weighted by Crippen LogP contribution is -2.36. The molecule has 0 saturated carbocycles. The molecule has 2 aromatic carbocycles. The summed E-state index contributed by atoms with van der Waals surface area (Å²) in [5.41, 5.74) is 5.65.